The molecule has 0 saturated heterocycles. The molecule has 2 aromatic carbocycles. The first-order valence-electron chi connectivity index (χ1n) is 8.90. The van der Waals surface area contributed by atoms with Crippen molar-refractivity contribution < 1.29 is 0 Å². The van der Waals surface area contributed by atoms with Crippen LogP contribution in [0.4, 0.5) is 0 Å². The molecule has 0 bridgehead atoms. The predicted molar refractivity (Wildman–Crippen MR) is 107 cm³/mol. The van der Waals surface area contributed by atoms with E-state index in [2.05, 4.69) is 84.3 Å². The second-order valence-electron chi connectivity index (χ2n) is 5.73. The van der Waals surface area contributed by atoms with Gasteiger partial charge in [-0.15, -0.1) is 0 Å². The largest absolute Gasteiger partial charge is 0.297 e. The zero-order valence-corrected chi connectivity index (χ0v) is 15.1. The Hall–Kier alpha value is -2.87. The number of benzene rings is 2. The van der Waals surface area contributed by atoms with Crippen molar-refractivity contribution in [2.75, 3.05) is 0 Å². The molecule has 0 atom stereocenters. The van der Waals surface area contributed by atoms with Crippen LogP contribution in [0.25, 0.3) is 22.9 Å². The minimum absolute atomic E-state index is 0.887. The van der Waals surface area contributed by atoms with E-state index in [1.54, 1.807) is 0 Å². The highest BCUT2D eigenvalue weighted by atomic mass is 15.1. The zero-order valence-electron chi connectivity index (χ0n) is 15.1. The normalized spacial score (nSPS) is 12.1. The SMILES string of the molecule is CC.Cc1nc2c(n1-c1ccc(-c3ccccc3)cc1)C=CC=CC2. The van der Waals surface area contributed by atoms with Gasteiger partial charge in [-0.1, -0.05) is 74.5 Å². The summed E-state index contributed by atoms with van der Waals surface area (Å²) in [6.07, 6.45) is 9.35. The summed E-state index contributed by atoms with van der Waals surface area (Å²) in [7, 11) is 0. The number of hydrogen-bond donors (Lipinski definition) is 0. The van der Waals surface area contributed by atoms with E-state index in [-0.39, 0.29) is 0 Å². The van der Waals surface area contributed by atoms with Crippen molar-refractivity contribution >= 4 is 6.08 Å². The molecular formula is C23H24N2. The molecule has 2 nitrogen and oxygen atoms in total. The standard InChI is InChI=1S/C21H18N2.C2H6/c1-16-22-20-10-6-3-7-11-21(20)23(16)19-14-12-18(13-15-19)17-8-4-2-5-9-17;1-2/h2-9,11-15H,10H2,1H3;1-2H3. The van der Waals surface area contributed by atoms with Gasteiger partial charge in [-0.2, -0.15) is 0 Å². The van der Waals surface area contributed by atoms with Gasteiger partial charge in [0.15, 0.2) is 0 Å². The maximum Gasteiger partial charge on any atom is 0.110 e. The first kappa shape index (κ1) is 17.0. The second kappa shape index (κ2) is 7.80. The van der Waals surface area contributed by atoms with Crippen LogP contribution in [0, 0.1) is 6.92 Å². The first-order valence-corrected chi connectivity index (χ1v) is 8.90. The fourth-order valence-corrected chi connectivity index (χ4v) is 3.09. The van der Waals surface area contributed by atoms with Crippen molar-refractivity contribution in [3.05, 3.63) is 90.0 Å². The molecule has 0 spiro atoms. The lowest BCUT2D eigenvalue weighted by Gasteiger charge is -2.10. The Balaban J connectivity index is 0.000000880. The Kier molecular flexibility index (Phi) is 5.30. The number of fused-ring (bicyclic) bond motifs is 1. The lowest BCUT2D eigenvalue weighted by atomic mass is 10.1. The summed E-state index contributed by atoms with van der Waals surface area (Å²) < 4.78 is 2.23. The summed E-state index contributed by atoms with van der Waals surface area (Å²) in [5.74, 6) is 1.03. The third-order valence-corrected chi connectivity index (χ3v) is 4.20. The number of imidazole rings is 1. The molecule has 1 aliphatic carbocycles. The zero-order chi connectivity index (χ0) is 17.6. The maximum absolute atomic E-state index is 4.73. The molecule has 25 heavy (non-hydrogen) atoms. The number of nitrogens with zero attached hydrogens (tertiary/aromatic N) is 2. The number of aryl methyl sites for hydroxylation is 1. The van der Waals surface area contributed by atoms with E-state index >= 15 is 0 Å². The molecule has 1 aliphatic rings. The lowest BCUT2D eigenvalue weighted by molar-refractivity contribution is 0.966. The van der Waals surface area contributed by atoms with E-state index in [1.807, 2.05) is 19.9 Å². The minimum Gasteiger partial charge on any atom is -0.297 e. The van der Waals surface area contributed by atoms with E-state index in [0.717, 1.165) is 23.6 Å². The van der Waals surface area contributed by atoms with Crippen molar-refractivity contribution in [3.8, 4) is 16.8 Å². The van der Waals surface area contributed by atoms with Crippen LogP contribution in [0.1, 0.15) is 31.1 Å². The molecule has 0 aliphatic heterocycles. The molecule has 0 fully saturated rings. The van der Waals surface area contributed by atoms with Crippen LogP contribution in [0.3, 0.4) is 0 Å². The molecule has 0 unspecified atom stereocenters. The molecule has 0 radical (unpaired) electrons. The average Bonchev–Trinajstić information content (AvgIpc) is 2.83. The van der Waals surface area contributed by atoms with Gasteiger partial charge in [0.1, 0.15) is 5.82 Å². The third-order valence-electron chi connectivity index (χ3n) is 4.20. The highest BCUT2D eigenvalue weighted by Gasteiger charge is 2.14. The van der Waals surface area contributed by atoms with Gasteiger partial charge in [0.2, 0.25) is 0 Å². The van der Waals surface area contributed by atoms with E-state index in [0.29, 0.717) is 0 Å². The smallest absolute Gasteiger partial charge is 0.110 e. The fourth-order valence-electron chi connectivity index (χ4n) is 3.09. The molecule has 3 aromatic rings. The molecule has 126 valence electrons. The van der Waals surface area contributed by atoms with Gasteiger partial charge in [0.25, 0.3) is 0 Å². The molecule has 2 heteroatoms. The van der Waals surface area contributed by atoms with Crippen molar-refractivity contribution in [1.82, 2.24) is 9.55 Å². The first-order chi connectivity index (χ1) is 12.3. The van der Waals surface area contributed by atoms with Gasteiger partial charge in [-0.05, 0) is 36.3 Å². The number of allylic oxidation sites excluding steroid dienone is 3. The van der Waals surface area contributed by atoms with E-state index in [4.69, 9.17) is 4.98 Å². The van der Waals surface area contributed by atoms with Crippen molar-refractivity contribution in [2.45, 2.75) is 27.2 Å². The predicted octanol–water partition coefficient (Wildman–Crippen LogP) is 6.00. The average molecular weight is 328 g/mol. The molecule has 1 heterocycles. The lowest BCUT2D eigenvalue weighted by Crippen LogP contribution is -1.99. The molecule has 1 aromatic heterocycles. The third kappa shape index (κ3) is 3.48. The minimum atomic E-state index is 0.887. The molecule has 0 amide bonds. The molecule has 4 rings (SSSR count). The van der Waals surface area contributed by atoms with E-state index < -0.39 is 0 Å². The van der Waals surface area contributed by atoms with Gasteiger partial charge >= 0.3 is 0 Å². The summed E-state index contributed by atoms with van der Waals surface area (Å²) in [4.78, 5) is 4.73. The topological polar surface area (TPSA) is 17.8 Å². The molecule has 0 N–H and O–H groups in total. The van der Waals surface area contributed by atoms with Crippen LogP contribution in [0.5, 0.6) is 0 Å². The quantitative estimate of drug-likeness (QED) is 0.564. The van der Waals surface area contributed by atoms with Crippen LogP contribution in [0.15, 0.2) is 72.8 Å². The maximum atomic E-state index is 4.73. The van der Waals surface area contributed by atoms with Gasteiger partial charge in [0.05, 0.1) is 11.4 Å². The summed E-state index contributed by atoms with van der Waals surface area (Å²) >= 11 is 0. The molecular weight excluding hydrogens is 304 g/mol. The van der Waals surface area contributed by atoms with E-state index in [9.17, 15) is 0 Å². The van der Waals surface area contributed by atoms with Crippen LogP contribution in [-0.2, 0) is 6.42 Å². The monoisotopic (exact) mass is 328 g/mol. The van der Waals surface area contributed by atoms with Crippen LogP contribution >= 0.6 is 0 Å². The van der Waals surface area contributed by atoms with E-state index in [1.165, 1.54) is 16.8 Å². The number of rotatable bonds is 2. The van der Waals surface area contributed by atoms with Gasteiger partial charge in [-0.25, -0.2) is 4.98 Å². The van der Waals surface area contributed by atoms with Crippen LogP contribution in [0.2, 0.25) is 0 Å². The van der Waals surface area contributed by atoms with Crippen LogP contribution < -0.4 is 0 Å². The van der Waals surface area contributed by atoms with Crippen LogP contribution in [-0.4, -0.2) is 9.55 Å². The van der Waals surface area contributed by atoms with Gasteiger partial charge in [0, 0.05) is 12.1 Å². The van der Waals surface area contributed by atoms with Gasteiger partial charge in [-0.3, -0.25) is 4.57 Å². The highest BCUT2D eigenvalue weighted by Crippen LogP contribution is 2.25. The number of aromatic nitrogens is 2. The van der Waals surface area contributed by atoms with Crippen molar-refractivity contribution in [3.63, 3.8) is 0 Å². The highest BCUT2D eigenvalue weighted by molar-refractivity contribution is 5.65. The van der Waals surface area contributed by atoms with Crippen molar-refractivity contribution in [2.24, 2.45) is 0 Å². The summed E-state index contributed by atoms with van der Waals surface area (Å²) in [5.41, 5.74) is 5.95. The Morgan fingerprint density at radius 1 is 0.840 bits per heavy atom. The Morgan fingerprint density at radius 2 is 1.52 bits per heavy atom. The summed E-state index contributed by atoms with van der Waals surface area (Å²) in [5, 5.41) is 0. The molecule has 0 saturated carbocycles. The van der Waals surface area contributed by atoms with Gasteiger partial charge < -0.3 is 0 Å². The number of hydrogen-bond acceptors (Lipinski definition) is 1. The Labute approximate surface area is 150 Å². The van der Waals surface area contributed by atoms with Crippen molar-refractivity contribution in [1.29, 1.82) is 0 Å². The second-order valence-corrected chi connectivity index (χ2v) is 5.73. The Morgan fingerprint density at radius 3 is 2.24 bits per heavy atom. The Bertz CT molecular complexity index is 882. The summed E-state index contributed by atoms with van der Waals surface area (Å²) in [6.45, 7) is 6.07. The summed E-state index contributed by atoms with van der Waals surface area (Å²) in [6, 6.07) is 19.2. The fraction of sp³-hybridized carbons (Fsp3) is 0.174.